The lowest BCUT2D eigenvalue weighted by atomic mass is 10.1. The van der Waals surface area contributed by atoms with Crippen LogP contribution >= 0.6 is 11.8 Å². The number of amides is 3. The van der Waals surface area contributed by atoms with E-state index in [0.29, 0.717) is 12.1 Å². The molecule has 0 atom stereocenters. The summed E-state index contributed by atoms with van der Waals surface area (Å²) in [7, 11) is 3.34. The number of hydrogen-bond donors (Lipinski definition) is 2. The molecule has 0 aromatic heterocycles. The van der Waals surface area contributed by atoms with Crippen LogP contribution in [0.25, 0.3) is 0 Å². The van der Waals surface area contributed by atoms with Crippen LogP contribution in [0.15, 0.2) is 53.4 Å². The number of carbonyl (C=O) groups is 2. The molecular weight excluding hydrogens is 322 g/mol. The van der Waals surface area contributed by atoms with Crippen molar-refractivity contribution in [3.63, 3.8) is 0 Å². The molecule has 2 rings (SSSR count). The third kappa shape index (κ3) is 4.52. The lowest BCUT2D eigenvalue weighted by molar-refractivity contribution is 0.0963. The summed E-state index contributed by atoms with van der Waals surface area (Å²) in [6, 6.07) is 14.7. The summed E-state index contributed by atoms with van der Waals surface area (Å²) >= 11 is 1.59. The van der Waals surface area contributed by atoms with Crippen molar-refractivity contribution in [3.05, 3.63) is 59.7 Å². The Morgan fingerprint density at radius 2 is 1.75 bits per heavy atom. The first-order valence-corrected chi connectivity index (χ1v) is 8.73. The van der Waals surface area contributed by atoms with Gasteiger partial charge in [-0.2, -0.15) is 0 Å². The van der Waals surface area contributed by atoms with Crippen LogP contribution < -0.4 is 10.6 Å². The molecule has 0 heterocycles. The number of thioether (sulfide) groups is 1. The van der Waals surface area contributed by atoms with Crippen LogP contribution in [-0.4, -0.2) is 37.2 Å². The highest BCUT2D eigenvalue weighted by Crippen LogP contribution is 2.24. The first-order chi connectivity index (χ1) is 11.5. The van der Waals surface area contributed by atoms with Crippen LogP contribution in [-0.2, 0) is 6.54 Å². The van der Waals surface area contributed by atoms with Gasteiger partial charge >= 0.3 is 6.03 Å². The van der Waals surface area contributed by atoms with Gasteiger partial charge < -0.3 is 15.5 Å². The Hall–Kier alpha value is -2.47. The molecule has 2 aromatic rings. The highest BCUT2D eigenvalue weighted by atomic mass is 32.2. The Balaban J connectivity index is 2.00. The first-order valence-electron chi connectivity index (χ1n) is 7.51. The molecular formula is C18H21N3O2S. The molecule has 3 amide bonds. The van der Waals surface area contributed by atoms with Crippen molar-refractivity contribution in [2.45, 2.75) is 11.4 Å². The van der Waals surface area contributed by atoms with E-state index >= 15 is 0 Å². The summed E-state index contributed by atoms with van der Waals surface area (Å²) in [5.41, 5.74) is 2.36. The molecule has 0 radical (unpaired) electrons. The standard InChI is InChI=1S/C18H21N3O2S/c1-19-17(22)14-10-8-13(9-11-14)12-21(2)18(23)20-15-6-4-5-7-16(15)24-3/h4-11H,12H2,1-3H3,(H,19,22)(H,20,23). The Morgan fingerprint density at radius 3 is 2.38 bits per heavy atom. The molecule has 2 N–H and O–H groups in total. The zero-order valence-corrected chi connectivity index (χ0v) is 14.8. The number of rotatable bonds is 5. The van der Waals surface area contributed by atoms with Gasteiger partial charge in [0, 0.05) is 31.1 Å². The van der Waals surface area contributed by atoms with Gasteiger partial charge in [-0.25, -0.2) is 4.79 Å². The third-order valence-corrected chi connectivity index (χ3v) is 4.35. The molecule has 0 unspecified atom stereocenters. The van der Waals surface area contributed by atoms with E-state index < -0.39 is 0 Å². The molecule has 0 saturated heterocycles. The van der Waals surface area contributed by atoms with E-state index in [1.54, 1.807) is 42.9 Å². The van der Waals surface area contributed by atoms with Crippen LogP contribution in [0.4, 0.5) is 10.5 Å². The topological polar surface area (TPSA) is 61.4 Å². The maximum atomic E-state index is 12.3. The summed E-state index contributed by atoms with van der Waals surface area (Å²) < 4.78 is 0. The number of urea groups is 1. The van der Waals surface area contributed by atoms with Crippen molar-refractivity contribution >= 4 is 29.4 Å². The zero-order valence-electron chi connectivity index (χ0n) is 14.0. The number of benzene rings is 2. The monoisotopic (exact) mass is 343 g/mol. The summed E-state index contributed by atoms with van der Waals surface area (Å²) in [5.74, 6) is -0.124. The summed E-state index contributed by atoms with van der Waals surface area (Å²) in [6.07, 6.45) is 1.97. The van der Waals surface area contributed by atoms with E-state index in [1.165, 1.54) is 0 Å². The second kappa shape index (κ2) is 8.40. The fraction of sp³-hybridized carbons (Fsp3) is 0.222. The molecule has 0 aliphatic rings. The lowest BCUT2D eigenvalue weighted by Crippen LogP contribution is -2.31. The molecule has 5 nitrogen and oxygen atoms in total. The Kier molecular flexibility index (Phi) is 6.26. The Labute approximate surface area is 146 Å². The van der Waals surface area contributed by atoms with Gasteiger partial charge in [-0.05, 0) is 36.1 Å². The summed E-state index contributed by atoms with van der Waals surface area (Å²) in [5, 5.41) is 5.50. The fourth-order valence-corrected chi connectivity index (χ4v) is 2.76. The number of carbonyl (C=O) groups excluding carboxylic acids is 2. The largest absolute Gasteiger partial charge is 0.355 e. The zero-order chi connectivity index (χ0) is 17.5. The van der Waals surface area contributed by atoms with E-state index in [9.17, 15) is 9.59 Å². The quantitative estimate of drug-likeness (QED) is 0.818. The normalized spacial score (nSPS) is 10.1. The average Bonchev–Trinajstić information content (AvgIpc) is 2.62. The van der Waals surface area contributed by atoms with Gasteiger partial charge in [0.05, 0.1) is 5.69 Å². The van der Waals surface area contributed by atoms with Gasteiger partial charge in [0.2, 0.25) is 0 Å². The second-order valence-corrected chi connectivity index (χ2v) is 6.11. The molecule has 0 bridgehead atoms. The number of para-hydroxylation sites is 1. The maximum Gasteiger partial charge on any atom is 0.321 e. The van der Waals surface area contributed by atoms with Gasteiger partial charge in [-0.3, -0.25) is 4.79 Å². The van der Waals surface area contributed by atoms with Crippen LogP contribution in [0.3, 0.4) is 0 Å². The molecule has 126 valence electrons. The average molecular weight is 343 g/mol. The predicted molar refractivity (Wildman–Crippen MR) is 98.5 cm³/mol. The van der Waals surface area contributed by atoms with Crippen LogP contribution in [0.2, 0.25) is 0 Å². The number of nitrogens with one attached hydrogen (secondary N) is 2. The van der Waals surface area contributed by atoms with Crippen LogP contribution in [0.5, 0.6) is 0 Å². The van der Waals surface area contributed by atoms with Crippen molar-refractivity contribution in [3.8, 4) is 0 Å². The minimum absolute atomic E-state index is 0.124. The smallest absolute Gasteiger partial charge is 0.321 e. The summed E-state index contributed by atoms with van der Waals surface area (Å²) in [6.45, 7) is 0.460. The van der Waals surface area contributed by atoms with E-state index in [4.69, 9.17) is 0 Å². The van der Waals surface area contributed by atoms with Crippen LogP contribution in [0, 0.1) is 0 Å². The third-order valence-electron chi connectivity index (χ3n) is 3.56. The van der Waals surface area contributed by atoms with E-state index in [1.807, 2.05) is 42.7 Å². The first kappa shape index (κ1) is 17.9. The van der Waals surface area contributed by atoms with Crippen LogP contribution in [0.1, 0.15) is 15.9 Å². The molecule has 6 heteroatoms. The number of anilines is 1. The maximum absolute atomic E-state index is 12.3. The van der Waals surface area contributed by atoms with Gasteiger partial charge in [-0.1, -0.05) is 24.3 Å². The SMILES string of the molecule is CNC(=O)c1ccc(CN(C)C(=O)Nc2ccccc2SC)cc1. The van der Waals surface area contributed by atoms with Crippen molar-refractivity contribution in [1.29, 1.82) is 0 Å². The van der Waals surface area contributed by atoms with Crippen molar-refractivity contribution in [2.75, 3.05) is 25.7 Å². The van der Waals surface area contributed by atoms with E-state index in [0.717, 1.165) is 16.1 Å². The minimum Gasteiger partial charge on any atom is -0.355 e. The molecule has 2 aromatic carbocycles. The Morgan fingerprint density at radius 1 is 1.08 bits per heavy atom. The molecule has 0 aliphatic carbocycles. The lowest BCUT2D eigenvalue weighted by Gasteiger charge is -2.19. The highest BCUT2D eigenvalue weighted by Gasteiger charge is 2.12. The van der Waals surface area contributed by atoms with Gasteiger partial charge in [0.15, 0.2) is 0 Å². The molecule has 0 spiro atoms. The van der Waals surface area contributed by atoms with Crippen molar-refractivity contribution < 1.29 is 9.59 Å². The van der Waals surface area contributed by atoms with Crippen molar-refractivity contribution in [2.24, 2.45) is 0 Å². The van der Waals surface area contributed by atoms with Gasteiger partial charge in [-0.15, -0.1) is 11.8 Å². The van der Waals surface area contributed by atoms with E-state index in [-0.39, 0.29) is 11.9 Å². The van der Waals surface area contributed by atoms with Gasteiger partial charge in [0.1, 0.15) is 0 Å². The number of nitrogens with zero attached hydrogens (tertiary/aromatic N) is 1. The second-order valence-electron chi connectivity index (χ2n) is 5.26. The molecule has 0 saturated carbocycles. The summed E-state index contributed by atoms with van der Waals surface area (Å²) in [4.78, 5) is 26.5. The molecule has 0 fully saturated rings. The molecule has 24 heavy (non-hydrogen) atoms. The Bertz CT molecular complexity index is 716. The van der Waals surface area contributed by atoms with E-state index in [2.05, 4.69) is 10.6 Å². The number of hydrogen-bond acceptors (Lipinski definition) is 3. The molecule has 0 aliphatic heterocycles. The fourth-order valence-electron chi connectivity index (χ4n) is 2.21. The van der Waals surface area contributed by atoms with Crippen molar-refractivity contribution in [1.82, 2.24) is 10.2 Å². The highest BCUT2D eigenvalue weighted by molar-refractivity contribution is 7.98. The predicted octanol–water partition coefficient (Wildman–Crippen LogP) is 3.43. The van der Waals surface area contributed by atoms with Gasteiger partial charge in [0.25, 0.3) is 5.91 Å². The minimum atomic E-state index is -0.174.